The topological polar surface area (TPSA) is 27.0 Å². The minimum atomic E-state index is -0.0332. The Morgan fingerprint density at radius 2 is 2.00 bits per heavy atom. The molecule has 1 aliphatic heterocycles. The lowest BCUT2D eigenvalue weighted by molar-refractivity contribution is 0.598. The zero-order valence-electron chi connectivity index (χ0n) is 10.5. The molecule has 2 rings (SSSR count). The zero-order chi connectivity index (χ0) is 12.8. The third-order valence-electron chi connectivity index (χ3n) is 3.43. The van der Waals surface area contributed by atoms with E-state index in [-0.39, 0.29) is 5.54 Å². The highest BCUT2D eigenvalue weighted by molar-refractivity contribution is 6.32. The van der Waals surface area contributed by atoms with Crippen molar-refractivity contribution in [3.8, 4) is 6.07 Å². The Hall–Kier alpha value is -1.46. The number of nitrogens with zero attached hydrogens (tertiary/aromatic N) is 2. The quantitative estimate of drug-likeness (QED) is 0.695. The van der Waals surface area contributed by atoms with Crippen LogP contribution >= 0.6 is 11.6 Å². The van der Waals surface area contributed by atoms with Crippen molar-refractivity contribution >= 4 is 22.9 Å². The molecule has 0 unspecified atom stereocenters. The number of benzene rings is 1. The van der Waals surface area contributed by atoms with Crippen molar-refractivity contribution in [3.63, 3.8) is 0 Å². The predicted molar refractivity (Wildman–Crippen MR) is 72.3 cm³/mol. The van der Waals surface area contributed by atoms with Crippen LogP contribution in [-0.2, 0) is 0 Å². The van der Waals surface area contributed by atoms with Gasteiger partial charge in [0.05, 0.1) is 16.1 Å². The Morgan fingerprint density at radius 3 is 2.59 bits per heavy atom. The van der Waals surface area contributed by atoms with Gasteiger partial charge in [-0.25, -0.2) is 0 Å². The number of allylic oxidation sites excluding steroid dienone is 1. The van der Waals surface area contributed by atoms with Crippen LogP contribution in [0.2, 0.25) is 5.02 Å². The summed E-state index contributed by atoms with van der Waals surface area (Å²) in [7, 11) is 2.05. The molecule has 17 heavy (non-hydrogen) atoms. The molecule has 1 aromatic rings. The van der Waals surface area contributed by atoms with E-state index in [1.807, 2.05) is 19.2 Å². The SMILES string of the molecule is CC1=CC(C)(C)N(C)c2cc(Cl)c(C#N)cc21. The Balaban J connectivity index is 2.71. The van der Waals surface area contributed by atoms with Gasteiger partial charge in [-0.15, -0.1) is 0 Å². The fourth-order valence-corrected chi connectivity index (χ4v) is 2.46. The smallest absolute Gasteiger partial charge is 0.101 e. The van der Waals surface area contributed by atoms with Crippen molar-refractivity contribution in [3.05, 3.63) is 34.4 Å². The molecule has 0 radical (unpaired) electrons. The molecule has 0 bridgehead atoms. The van der Waals surface area contributed by atoms with Crippen molar-refractivity contribution in [1.29, 1.82) is 5.26 Å². The van der Waals surface area contributed by atoms with Crippen LogP contribution in [0.5, 0.6) is 0 Å². The first-order chi connectivity index (χ1) is 7.86. The van der Waals surface area contributed by atoms with Crippen LogP contribution in [0.4, 0.5) is 5.69 Å². The van der Waals surface area contributed by atoms with Gasteiger partial charge in [-0.3, -0.25) is 0 Å². The highest BCUT2D eigenvalue weighted by atomic mass is 35.5. The summed E-state index contributed by atoms with van der Waals surface area (Å²) in [5.74, 6) is 0. The molecule has 0 saturated carbocycles. The van der Waals surface area contributed by atoms with E-state index in [0.717, 1.165) is 11.3 Å². The number of halogens is 1. The van der Waals surface area contributed by atoms with E-state index >= 15 is 0 Å². The second kappa shape index (κ2) is 3.78. The van der Waals surface area contributed by atoms with Gasteiger partial charge >= 0.3 is 0 Å². The number of rotatable bonds is 0. The van der Waals surface area contributed by atoms with Crippen LogP contribution in [0.3, 0.4) is 0 Å². The maximum atomic E-state index is 9.01. The Morgan fingerprint density at radius 1 is 1.35 bits per heavy atom. The lowest BCUT2D eigenvalue weighted by Gasteiger charge is -2.40. The van der Waals surface area contributed by atoms with E-state index in [1.165, 1.54) is 5.57 Å². The van der Waals surface area contributed by atoms with E-state index in [1.54, 1.807) is 0 Å². The summed E-state index contributed by atoms with van der Waals surface area (Å²) in [6, 6.07) is 5.88. The molecule has 0 aliphatic carbocycles. The van der Waals surface area contributed by atoms with Crippen molar-refractivity contribution in [1.82, 2.24) is 0 Å². The van der Waals surface area contributed by atoms with Crippen molar-refractivity contribution in [2.24, 2.45) is 0 Å². The van der Waals surface area contributed by atoms with Gasteiger partial charge in [0.15, 0.2) is 0 Å². The predicted octanol–water partition coefficient (Wildman–Crippen LogP) is 3.84. The average Bonchev–Trinajstić information content (AvgIpc) is 2.25. The zero-order valence-corrected chi connectivity index (χ0v) is 11.3. The van der Waals surface area contributed by atoms with Crippen molar-refractivity contribution in [2.45, 2.75) is 26.3 Å². The highest BCUT2D eigenvalue weighted by Gasteiger charge is 2.29. The van der Waals surface area contributed by atoms with Crippen LogP contribution in [0, 0.1) is 11.3 Å². The maximum absolute atomic E-state index is 9.01. The van der Waals surface area contributed by atoms with E-state index in [4.69, 9.17) is 16.9 Å². The summed E-state index contributed by atoms with van der Waals surface area (Å²) < 4.78 is 0. The third-order valence-corrected chi connectivity index (χ3v) is 3.74. The van der Waals surface area contributed by atoms with Crippen LogP contribution in [-0.4, -0.2) is 12.6 Å². The third kappa shape index (κ3) is 1.81. The summed E-state index contributed by atoms with van der Waals surface area (Å²) >= 11 is 6.10. The molecule has 0 saturated heterocycles. The molecule has 0 amide bonds. The van der Waals surface area contributed by atoms with Crippen LogP contribution in [0.15, 0.2) is 18.2 Å². The first-order valence-electron chi connectivity index (χ1n) is 5.54. The van der Waals surface area contributed by atoms with Gasteiger partial charge in [-0.2, -0.15) is 5.26 Å². The number of hydrogen-bond donors (Lipinski definition) is 0. The summed E-state index contributed by atoms with van der Waals surface area (Å²) in [5.41, 5.74) is 3.86. The molecule has 1 aromatic carbocycles. The molecule has 88 valence electrons. The fourth-order valence-electron chi connectivity index (χ4n) is 2.26. The summed E-state index contributed by atoms with van der Waals surface area (Å²) in [4.78, 5) is 2.18. The highest BCUT2D eigenvalue weighted by Crippen LogP contribution is 2.40. The standard InChI is InChI=1S/C14H15ClN2/c1-9-7-14(2,3)17(4)13-6-12(15)10(8-16)5-11(9)13/h5-7H,1-4H3. The molecule has 0 aromatic heterocycles. The van der Waals surface area contributed by atoms with E-state index < -0.39 is 0 Å². The largest absolute Gasteiger partial charge is 0.365 e. The minimum Gasteiger partial charge on any atom is -0.365 e. The molecule has 1 heterocycles. The van der Waals surface area contributed by atoms with Gasteiger partial charge in [0.1, 0.15) is 6.07 Å². The van der Waals surface area contributed by atoms with Gasteiger partial charge in [0.2, 0.25) is 0 Å². The van der Waals surface area contributed by atoms with Crippen LogP contribution in [0.25, 0.3) is 5.57 Å². The van der Waals surface area contributed by atoms with E-state index in [9.17, 15) is 0 Å². The molecule has 0 fully saturated rings. The first kappa shape index (κ1) is 12.0. The molecular weight excluding hydrogens is 232 g/mol. The normalized spacial score (nSPS) is 17.2. The summed E-state index contributed by atoms with van der Waals surface area (Å²) in [6.45, 7) is 6.39. The number of nitriles is 1. The van der Waals surface area contributed by atoms with E-state index in [2.05, 4.69) is 37.8 Å². The van der Waals surface area contributed by atoms with Gasteiger partial charge in [-0.05, 0) is 38.5 Å². The molecular formula is C14H15ClN2. The maximum Gasteiger partial charge on any atom is 0.101 e. The average molecular weight is 247 g/mol. The number of fused-ring (bicyclic) bond motifs is 1. The molecule has 0 spiro atoms. The van der Waals surface area contributed by atoms with Crippen molar-refractivity contribution in [2.75, 3.05) is 11.9 Å². The summed E-state index contributed by atoms with van der Waals surface area (Å²) in [5, 5.41) is 9.52. The Kier molecular flexibility index (Phi) is 2.67. The summed E-state index contributed by atoms with van der Waals surface area (Å²) in [6.07, 6.45) is 2.21. The molecule has 0 N–H and O–H groups in total. The Labute approximate surface area is 107 Å². The second-order valence-corrected chi connectivity index (χ2v) is 5.41. The molecule has 2 nitrogen and oxygen atoms in total. The van der Waals surface area contributed by atoms with E-state index in [0.29, 0.717) is 10.6 Å². The van der Waals surface area contributed by atoms with Crippen molar-refractivity contribution < 1.29 is 0 Å². The number of hydrogen-bond acceptors (Lipinski definition) is 2. The molecule has 0 atom stereocenters. The molecule has 1 aliphatic rings. The first-order valence-corrected chi connectivity index (χ1v) is 5.92. The van der Waals surface area contributed by atoms with Gasteiger partial charge in [0, 0.05) is 18.3 Å². The number of likely N-dealkylation sites (N-methyl/N-ethyl adjacent to an activating group) is 1. The minimum absolute atomic E-state index is 0.0332. The number of anilines is 1. The lowest BCUT2D eigenvalue weighted by atomic mass is 9.89. The second-order valence-electron chi connectivity index (χ2n) is 5.00. The van der Waals surface area contributed by atoms with Gasteiger partial charge in [0.25, 0.3) is 0 Å². The molecule has 3 heteroatoms. The van der Waals surface area contributed by atoms with Crippen LogP contribution < -0.4 is 4.90 Å². The van der Waals surface area contributed by atoms with Crippen LogP contribution in [0.1, 0.15) is 31.9 Å². The van der Waals surface area contributed by atoms with Gasteiger partial charge in [-0.1, -0.05) is 17.7 Å². The fraction of sp³-hybridized carbons (Fsp3) is 0.357. The monoisotopic (exact) mass is 246 g/mol. The lowest BCUT2D eigenvalue weighted by Crippen LogP contribution is -2.42. The Bertz CT molecular complexity index is 550. The van der Waals surface area contributed by atoms with Gasteiger partial charge < -0.3 is 4.90 Å².